The van der Waals surface area contributed by atoms with Crippen molar-refractivity contribution in [3.05, 3.63) is 0 Å². The second-order valence-electron chi connectivity index (χ2n) is 5.85. The number of hydroxylamine groups is 2. The van der Waals surface area contributed by atoms with Crippen LogP contribution in [0.1, 0.15) is 19.8 Å². The number of nitrogens with two attached hydrogens (primary N) is 1. The van der Waals surface area contributed by atoms with Crippen LogP contribution in [0.15, 0.2) is 0 Å². The van der Waals surface area contributed by atoms with Crippen LogP contribution in [0, 0.1) is 0 Å². The van der Waals surface area contributed by atoms with E-state index in [9.17, 15) is 22.4 Å². The van der Waals surface area contributed by atoms with E-state index in [2.05, 4.69) is 9.60 Å². The largest absolute Gasteiger partial charge is 0.418 e. The van der Waals surface area contributed by atoms with Gasteiger partial charge in [0.15, 0.2) is 0 Å². The van der Waals surface area contributed by atoms with Gasteiger partial charge in [-0.2, -0.15) is 13.5 Å². The molecule has 4 N–H and O–H groups in total. The lowest BCUT2D eigenvalue weighted by Crippen LogP contribution is -2.52. The van der Waals surface area contributed by atoms with Crippen LogP contribution in [-0.2, 0) is 19.5 Å². The Labute approximate surface area is 132 Å². The number of hydrogen-bond donors (Lipinski definition) is 3. The molecule has 0 radical (unpaired) electrons. The number of hydrogen-bond acceptors (Lipinski definition) is 6. The van der Waals surface area contributed by atoms with E-state index in [1.807, 2.05) is 0 Å². The molecule has 2 aliphatic heterocycles. The van der Waals surface area contributed by atoms with Gasteiger partial charge < -0.3 is 16.0 Å². The molecule has 12 heteroatoms. The third kappa shape index (κ3) is 4.07. The fraction of sp³-hybridized carbons (Fsp3) is 0.818. The van der Waals surface area contributed by atoms with Gasteiger partial charge in [-0.25, -0.2) is 9.18 Å². The Bertz CT molecular complexity index is 597. The number of carbonyl (C=O) groups is 2. The first-order valence-corrected chi connectivity index (χ1v) is 8.34. The van der Waals surface area contributed by atoms with E-state index in [1.165, 1.54) is 6.92 Å². The topological polar surface area (TPSA) is 142 Å². The number of piperidine rings is 1. The summed E-state index contributed by atoms with van der Waals surface area (Å²) in [7, 11) is -4.84. The number of nitrogens with zero attached hydrogens (tertiary/aromatic N) is 2. The van der Waals surface area contributed by atoms with E-state index >= 15 is 0 Å². The van der Waals surface area contributed by atoms with Gasteiger partial charge >= 0.3 is 16.4 Å². The van der Waals surface area contributed by atoms with Gasteiger partial charge in [0, 0.05) is 13.1 Å². The van der Waals surface area contributed by atoms with Crippen molar-refractivity contribution in [1.29, 1.82) is 0 Å². The smallest absolute Gasteiger partial charge is 0.351 e. The molecule has 0 saturated carbocycles. The highest BCUT2D eigenvalue weighted by molar-refractivity contribution is 7.80. The first kappa shape index (κ1) is 17.8. The number of fused-ring (bicyclic) bond motifs is 2. The lowest BCUT2D eigenvalue weighted by Gasteiger charge is -2.30. The summed E-state index contributed by atoms with van der Waals surface area (Å²) < 4.78 is 48.2. The van der Waals surface area contributed by atoms with Gasteiger partial charge in [-0.1, -0.05) is 0 Å². The SMILES string of the molecule is CC(F)(CN)CNC(=O)[C@@H]1CCC2CN1C(=O)N2OS(=O)(=O)O. The molecule has 2 unspecified atom stereocenters. The van der Waals surface area contributed by atoms with E-state index in [4.69, 9.17) is 10.3 Å². The molecule has 3 atom stereocenters. The maximum absolute atomic E-state index is 13.7. The van der Waals surface area contributed by atoms with Crippen molar-refractivity contribution in [3.63, 3.8) is 0 Å². The summed E-state index contributed by atoms with van der Waals surface area (Å²) in [5, 5.41) is 2.94. The zero-order chi connectivity index (χ0) is 17.4. The number of nitrogens with one attached hydrogen (secondary N) is 1. The third-order valence-electron chi connectivity index (χ3n) is 3.86. The molecule has 0 spiro atoms. The second-order valence-corrected chi connectivity index (χ2v) is 6.85. The molecular formula is C11H19FN4O6S. The summed E-state index contributed by atoms with van der Waals surface area (Å²) in [6.07, 6.45) is 0.568. The van der Waals surface area contributed by atoms with Crippen LogP contribution < -0.4 is 11.1 Å². The number of carbonyl (C=O) groups excluding carboxylic acids is 2. The van der Waals surface area contributed by atoms with E-state index in [1.54, 1.807) is 0 Å². The fourth-order valence-corrected chi connectivity index (χ4v) is 2.95. The predicted octanol–water partition coefficient (Wildman–Crippen LogP) is -1.21. The van der Waals surface area contributed by atoms with E-state index in [0.717, 1.165) is 4.90 Å². The Morgan fingerprint density at radius 3 is 2.78 bits per heavy atom. The summed E-state index contributed by atoms with van der Waals surface area (Å²) in [6, 6.07) is -2.28. The molecule has 3 amide bonds. The zero-order valence-corrected chi connectivity index (χ0v) is 13.3. The minimum atomic E-state index is -4.84. The summed E-state index contributed by atoms with van der Waals surface area (Å²) in [5.41, 5.74) is 3.47. The maximum Gasteiger partial charge on any atom is 0.418 e. The highest BCUT2D eigenvalue weighted by atomic mass is 32.3. The molecule has 2 heterocycles. The lowest BCUT2D eigenvalue weighted by molar-refractivity contribution is -0.126. The third-order valence-corrected chi connectivity index (χ3v) is 4.21. The zero-order valence-electron chi connectivity index (χ0n) is 12.4. The number of urea groups is 1. The molecule has 2 rings (SSSR count). The monoisotopic (exact) mass is 354 g/mol. The molecule has 2 saturated heterocycles. The quantitative estimate of drug-likeness (QED) is 0.508. The molecule has 132 valence electrons. The Hall–Kier alpha value is -1.50. The van der Waals surface area contributed by atoms with E-state index in [-0.39, 0.29) is 26.1 Å². The van der Waals surface area contributed by atoms with Crippen molar-refractivity contribution in [2.45, 2.75) is 37.5 Å². The molecule has 23 heavy (non-hydrogen) atoms. The van der Waals surface area contributed by atoms with Crippen LogP contribution in [-0.4, -0.2) is 72.3 Å². The first-order valence-electron chi connectivity index (χ1n) is 6.97. The van der Waals surface area contributed by atoms with Gasteiger partial charge in [0.2, 0.25) is 5.91 Å². The highest BCUT2D eigenvalue weighted by Crippen LogP contribution is 2.30. The van der Waals surface area contributed by atoms with Gasteiger partial charge in [-0.3, -0.25) is 9.35 Å². The second kappa shape index (κ2) is 6.19. The van der Waals surface area contributed by atoms with Crippen molar-refractivity contribution >= 4 is 22.3 Å². The van der Waals surface area contributed by atoms with Gasteiger partial charge in [0.25, 0.3) is 0 Å². The Balaban J connectivity index is 2.02. The van der Waals surface area contributed by atoms with E-state index in [0.29, 0.717) is 11.5 Å². The Morgan fingerprint density at radius 1 is 1.57 bits per heavy atom. The van der Waals surface area contributed by atoms with Crippen molar-refractivity contribution in [2.75, 3.05) is 19.6 Å². The number of amides is 3. The average Bonchev–Trinajstić information content (AvgIpc) is 2.69. The normalized spacial score (nSPS) is 27.0. The van der Waals surface area contributed by atoms with Gasteiger partial charge in [-0.05, 0) is 19.8 Å². The molecule has 0 aromatic heterocycles. The van der Waals surface area contributed by atoms with Crippen molar-refractivity contribution in [3.8, 4) is 0 Å². The predicted molar refractivity (Wildman–Crippen MR) is 75.0 cm³/mol. The van der Waals surface area contributed by atoms with Crippen LogP contribution in [0.25, 0.3) is 0 Å². The summed E-state index contributed by atoms with van der Waals surface area (Å²) in [5.74, 6) is -0.553. The Morgan fingerprint density at radius 2 is 2.22 bits per heavy atom. The molecule has 2 fully saturated rings. The van der Waals surface area contributed by atoms with Gasteiger partial charge in [-0.15, -0.1) is 4.28 Å². The van der Waals surface area contributed by atoms with Crippen LogP contribution in [0.2, 0.25) is 0 Å². The number of alkyl halides is 1. The maximum atomic E-state index is 13.7. The standard InChI is InChI=1S/C11H19FN4O6S/c1-11(12,5-13)6-14-9(17)8-3-2-7-4-15(8)10(18)16(7)22-23(19,20)21/h7-8H,2-6,13H2,1H3,(H,14,17)(H,19,20,21)/t7?,8-,11?/m0/s1. The molecule has 0 aromatic carbocycles. The minimum absolute atomic E-state index is 0.0796. The summed E-state index contributed by atoms with van der Waals surface area (Å²) in [4.78, 5) is 25.4. The summed E-state index contributed by atoms with van der Waals surface area (Å²) >= 11 is 0. The molecular weight excluding hydrogens is 335 g/mol. The lowest BCUT2D eigenvalue weighted by atomic mass is 10.00. The minimum Gasteiger partial charge on any atom is -0.351 e. The molecule has 10 nitrogen and oxygen atoms in total. The van der Waals surface area contributed by atoms with Crippen LogP contribution in [0.3, 0.4) is 0 Å². The number of halogens is 1. The van der Waals surface area contributed by atoms with Gasteiger partial charge in [0.1, 0.15) is 11.7 Å². The molecule has 2 bridgehead atoms. The molecule has 0 aromatic rings. The highest BCUT2D eigenvalue weighted by Gasteiger charge is 2.49. The number of rotatable bonds is 6. The van der Waals surface area contributed by atoms with Gasteiger partial charge in [0.05, 0.1) is 12.6 Å². The Kier molecular flexibility index (Phi) is 4.80. The van der Waals surface area contributed by atoms with Crippen LogP contribution >= 0.6 is 0 Å². The van der Waals surface area contributed by atoms with E-state index < -0.39 is 40.1 Å². The van der Waals surface area contributed by atoms with Crippen molar-refractivity contribution < 1.29 is 31.2 Å². The molecule has 0 aliphatic carbocycles. The van der Waals surface area contributed by atoms with Crippen LogP contribution in [0.4, 0.5) is 9.18 Å². The van der Waals surface area contributed by atoms with Crippen molar-refractivity contribution in [1.82, 2.24) is 15.3 Å². The fourth-order valence-electron chi connectivity index (χ4n) is 2.57. The molecule has 2 aliphatic rings. The summed E-state index contributed by atoms with van der Waals surface area (Å²) in [6.45, 7) is 0.761. The van der Waals surface area contributed by atoms with Crippen LogP contribution in [0.5, 0.6) is 0 Å². The average molecular weight is 354 g/mol. The van der Waals surface area contributed by atoms with Crippen molar-refractivity contribution in [2.24, 2.45) is 5.73 Å². The first-order chi connectivity index (χ1) is 10.5.